The van der Waals surface area contributed by atoms with Gasteiger partial charge in [-0.15, -0.1) is 0 Å². The second-order valence-electron chi connectivity index (χ2n) is 5.75. The molecule has 0 spiro atoms. The summed E-state index contributed by atoms with van der Waals surface area (Å²) in [6.45, 7) is 5.45. The SMILES string of the molecule is CC(C)CCc1nc2c(o1)CCN(C(=O)c1cnco1)C2. The van der Waals surface area contributed by atoms with Crippen LogP contribution in [0, 0.1) is 5.92 Å². The zero-order chi connectivity index (χ0) is 14.8. The molecule has 6 nitrogen and oxygen atoms in total. The molecule has 0 bridgehead atoms. The molecule has 1 amide bonds. The van der Waals surface area contributed by atoms with Crippen LogP contribution in [0.3, 0.4) is 0 Å². The average molecular weight is 289 g/mol. The molecule has 1 aliphatic rings. The highest BCUT2D eigenvalue weighted by Crippen LogP contribution is 2.22. The Morgan fingerprint density at radius 2 is 2.33 bits per heavy atom. The summed E-state index contributed by atoms with van der Waals surface area (Å²) >= 11 is 0. The van der Waals surface area contributed by atoms with E-state index in [0.717, 1.165) is 30.2 Å². The van der Waals surface area contributed by atoms with Gasteiger partial charge in [0.1, 0.15) is 11.5 Å². The summed E-state index contributed by atoms with van der Waals surface area (Å²) in [5.74, 6) is 2.43. The van der Waals surface area contributed by atoms with Crippen molar-refractivity contribution in [1.82, 2.24) is 14.9 Å². The fourth-order valence-corrected chi connectivity index (χ4v) is 2.42. The molecule has 0 unspecified atom stereocenters. The van der Waals surface area contributed by atoms with E-state index in [1.807, 2.05) is 0 Å². The predicted molar refractivity (Wildman–Crippen MR) is 74.6 cm³/mol. The molecular weight excluding hydrogens is 270 g/mol. The van der Waals surface area contributed by atoms with Crippen LogP contribution in [0.4, 0.5) is 0 Å². The molecule has 3 heterocycles. The van der Waals surface area contributed by atoms with Crippen molar-refractivity contribution in [2.45, 2.75) is 39.7 Å². The number of hydrogen-bond acceptors (Lipinski definition) is 5. The van der Waals surface area contributed by atoms with Crippen molar-refractivity contribution in [3.63, 3.8) is 0 Å². The largest absolute Gasteiger partial charge is 0.445 e. The van der Waals surface area contributed by atoms with Crippen LogP contribution in [0.1, 0.15) is 48.2 Å². The molecule has 0 saturated carbocycles. The van der Waals surface area contributed by atoms with Gasteiger partial charge in [-0.25, -0.2) is 9.97 Å². The number of aryl methyl sites for hydroxylation is 1. The van der Waals surface area contributed by atoms with Gasteiger partial charge in [0, 0.05) is 19.4 Å². The molecule has 0 aliphatic carbocycles. The Hall–Kier alpha value is -2.11. The van der Waals surface area contributed by atoms with Crippen molar-refractivity contribution in [3.8, 4) is 0 Å². The monoisotopic (exact) mass is 289 g/mol. The Kier molecular flexibility index (Phi) is 3.77. The number of amides is 1. The van der Waals surface area contributed by atoms with E-state index in [4.69, 9.17) is 8.83 Å². The lowest BCUT2D eigenvalue weighted by Gasteiger charge is -2.24. The van der Waals surface area contributed by atoms with E-state index in [2.05, 4.69) is 23.8 Å². The lowest BCUT2D eigenvalue weighted by Crippen LogP contribution is -2.35. The molecule has 3 rings (SSSR count). The van der Waals surface area contributed by atoms with Crippen molar-refractivity contribution in [2.24, 2.45) is 5.92 Å². The first kappa shape index (κ1) is 13.9. The molecule has 2 aromatic heterocycles. The van der Waals surface area contributed by atoms with Gasteiger partial charge in [-0.2, -0.15) is 0 Å². The number of rotatable bonds is 4. The van der Waals surface area contributed by atoms with E-state index >= 15 is 0 Å². The molecule has 1 aliphatic heterocycles. The van der Waals surface area contributed by atoms with Crippen LogP contribution in [0.2, 0.25) is 0 Å². The fraction of sp³-hybridized carbons (Fsp3) is 0.533. The second kappa shape index (κ2) is 5.71. The normalized spacial score (nSPS) is 14.5. The summed E-state index contributed by atoms with van der Waals surface area (Å²) in [6, 6.07) is 0. The molecule has 0 N–H and O–H groups in total. The molecule has 21 heavy (non-hydrogen) atoms. The van der Waals surface area contributed by atoms with Crippen LogP contribution in [0.5, 0.6) is 0 Å². The van der Waals surface area contributed by atoms with Crippen LogP contribution >= 0.6 is 0 Å². The van der Waals surface area contributed by atoms with Gasteiger partial charge in [0.2, 0.25) is 5.76 Å². The maximum Gasteiger partial charge on any atom is 0.291 e. The van der Waals surface area contributed by atoms with Crippen LogP contribution in [-0.4, -0.2) is 27.3 Å². The van der Waals surface area contributed by atoms with E-state index in [0.29, 0.717) is 25.4 Å². The second-order valence-corrected chi connectivity index (χ2v) is 5.75. The fourth-order valence-electron chi connectivity index (χ4n) is 2.42. The number of nitrogens with zero attached hydrogens (tertiary/aromatic N) is 3. The Morgan fingerprint density at radius 1 is 1.48 bits per heavy atom. The van der Waals surface area contributed by atoms with Gasteiger partial charge in [-0.3, -0.25) is 4.79 Å². The van der Waals surface area contributed by atoms with Gasteiger partial charge in [0.05, 0.1) is 12.7 Å². The molecular formula is C15H19N3O3. The number of aromatic nitrogens is 2. The number of carbonyl (C=O) groups is 1. The van der Waals surface area contributed by atoms with Crippen molar-refractivity contribution < 1.29 is 13.6 Å². The smallest absolute Gasteiger partial charge is 0.291 e. The zero-order valence-corrected chi connectivity index (χ0v) is 12.3. The van der Waals surface area contributed by atoms with E-state index < -0.39 is 0 Å². The van der Waals surface area contributed by atoms with Crippen molar-refractivity contribution >= 4 is 5.91 Å². The summed E-state index contributed by atoms with van der Waals surface area (Å²) in [6.07, 6.45) is 5.31. The first-order chi connectivity index (χ1) is 10.1. The van der Waals surface area contributed by atoms with Crippen molar-refractivity contribution in [3.05, 3.63) is 35.7 Å². The number of fused-ring (bicyclic) bond motifs is 1. The van der Waals surface area contributed by atoms with E-state index in [1.54, 1.807) is 4.90 Å². The molecule has 0 radical (unpaired) electrons. The lowest BCUT2D eigenvalue weighted by molar-refractivity contribution is 0.0695. The third kappa shape index (κ3) is 2.99. The number of hydrogen-bond donors (Lipinski definition) is 0. The zero-order valence-electron chi connectivity index (χ0n) is 12.3. The maximum atomic E-state index is 12.2. The summed E-state index contributed by atoms with van der Waals surface area (Å²) in [7, 11) is 0. The average Bonchev–Trinajstić information content (AvgIpc) is 3.12. The highest BCUT2D eigenvalue weighted by atomic mass is 16.4. The van der Waals surface area contributed by atoms with Crippen LogP contribution in [-0.2, 0) is 19.4 Å². The summed E-state index contributed by atoms with van der Waals surface area (Å²) in [5.41, 5.74) is 0.868. The highest BCUT2D eigenvalue weighted by Gasteiger charge is 2.27. The van der Waals surface area contributed by atoms with E-state index in [1.165, 1.54) is 12.6 Å². The number of carbonyl (C=O) groups excluding carboxylic acids is 1. The molecule has 0 saturated heterocycles. The first-order valence-corrected chi connectivity index (χ1v) is 7.28. The van der Waals surface area contributed by atoms with Gasteiger partial charge in [0.25, 0.3) is 5.91 Å². The topological polar surface area (TPSA) is 72.4 Å². The van der Waals surface area contributed by atoms with Gasteiger partial charge in [-0.05, 0) is 12.3 Å². The quantitative estimate of drug-likeness (QED) is 0.864. The minimum absolute atomic E-state index is 0.148. The van der Waals surface area contributed by atoms with Gasteiger partial charge >= 0.3 is 0 Å². The van der Waals surface area contributed by atoms with Crippen LogP contribution < -0.4 is 0 Å². The number of oxazole rings is 2. The molecule has 0 fully saturated rings. The van der Waals surface area contributed by atoms with Crippen molar-refractivity contribution in [1.29, 1.82) is 0 Å². The molecule has 0 aromatic carbocycles. The maximum absolute atomic E-state index is 12.2. The third-order valence-electron chi connectivity index (χ3n) is 3.64. The highest BCUT2D eigenvalue weighted by molar-refractivity contribution is 5.91. The molecule has 0 atom stereocenters. The Labute approximate surface area is 123 Å². The molecule has 2 aromatic rings. The summed E-state index contributed by atoms with van der Waals surface area (Å²) in [4.78, 5) is 22.3. The van der Waals surface area contributed by atoms with Crippen LogP contribution in [0.15, 0.2) is 21.4 Å². The van der Waals surface area contributed by atoms with E-state index in [9.17, 15) is 4.79 Å². The summed E-state index contributed by atoms with van der Waals surface area (Å²) in [5, 5.41) is 0. The lowest BCUT2D eigenvalue weighted by atomic mass is 10.1. The molecule has 112 valence electrons. The first-order valence-electron chi connectivity index (χ1n) is 7.28. The molecule has 6 heteroatoms. The van der Waals surface area contributed by atoms with Gasteiger partial charge in [0.15, 0.2) is 12.3 Å². The Morgan fingerprint density at radius 3 is 3.05 bits per heavy atom. The van der Waals surface area contributed by atoms with E-state index in [-0.39, 0.29) is 11.7 Å². The minimum Gasteiger partial charge on any atom is -0.445 e. The Balaban J connectivity index is 1.69. The van der Waals surface area contributed by atoms with Crippen LogP contribution in [0.25, 0.3) is 0 Å². The third-order valence-corrected chi connectivity index (χ3v) is 3.64. The Bertz CT molecular complexity index is 616. The summed E-state index contributed by atoms with van der Waals surface area (Å²) < 4.78 is 10.9. The standard InChI is InChI=1S/C15H19N3O3/c1-10(2)3-4-14-17-11-8-18(6-5-12(11)21-14)15(19)13-7-16-9-20-13/h7,9-10H,3-6,8H2,1-2H3. The van der Waals surface area contributed by atoms with Gasteiger partial charge in [-0.1, -0.05) is 13.8 Å². The van der Waals surface area contributed by atoms with Gasteiger partial charge < -0.3 is 13.7 Å². The minimum atomic E-state index is -0.148. The predicted octanol–water partition coefficient (Wildman–Crippen LogP) is 2.45. The van der Waals surface area contributed by atoms with Crippen molar-refractivity contribution in [2.75, 3.05) is 6.54 Å².